The summed E-state index contributed by atoms with van der Waals surface area (Å²) in [5, 5.41) is -0.0652. The van der Waals surface area contributed by atoms with Gasteiger partial charge in [0.25, 0.3) is 11.8 Å². The fourth-order valence-electron chi connectivity index (χ4n) is 11.4. The summed E-state index contributed by atoms with van der Waals surface area (Å²) in [5.41, 5.74) is -0.607. The topological polar surface area (TPSA) is 402 Å². The summed E-state index contributed by atoms with van der Waals surface area (Å²) < 4.78 is 218. The number of imide groups is 1. The van der Waals surface area contributed by atoms with Crippen molar-refractivity contribution in [3.63, 3.8) is 0 Å². The maximum Gasteiger partial charge on any atom is 0.333 e. The first-order chi connectivity index (χ1) is 42.3. The maximum atomic E-state index is 12.9. The third-order valence-electron chi connectivity index (χ3n) is 15.5. The summed E-state index contributed by atoms with van der Waals surface area (Å²) in [6.07, 6.45) is 11.8. The maximum absolute atomic E-state index is 12.9. The van der Waals surface area contributed by atoms with Crippen LogP contribution in [0.4, 0.5) is 11.4 Å². The molecular weight excluding hydrogens is 1280 g/mol. The van der Waals surface area contributed by atoms with Gasteiger partial charge in [0.05, 0.1) is 81.4 Å². The molecule has 3 aliphatic heterocycles. The van der Waals surface area contributed by atoms with Crippen LogP contribution < -0.4 is 4.90 Å². The molecule has 0 aromatic heterocycles. The molecule has 2 unspecified atom stereocenters. The molecule has 27 nitrogen and oxygen atoms in total. The zero-order valence-corrected chi connectivity index (χ0v) is 53.6. The van der Waals surface area contributed by atoms with Gasteiger partial charge in [-0.1, -0.05) is 36.4 Å². The van der Waals surface area contributed by atoms with E-state index in [0.717, 1.165) is 30.3 Å². The van der Waals surface area contributed by atoms with Crippen molar-refractivity contribution in [2.75, 3.05) is 90.8 Å². The molecule has 0 bridgehead atoms. The van der Waals surface area contributed by atoms with Gasteiger partial charge in [0, 0.05) is 98.7 Å². The molecule has 2 amide bonds. The lowest BCUT2D eigenvalue weighted by Crippen LogP contribution is -2.33. The Kier molecular flexibility index (Phi) is 23.4. The Hall–Kier alpha value is -6.21. The van der Waals surface area contributed by atoms with Crippen molar-refractivity contribution in [3.8, 4) is 0 Å². The van der Waals surface area contributed by atoms with Gasteiger partial charge in [-0.05, 0) is 110 Å². The Balaban J connectivity index is 1.29. The summed E-state index contributed by atoms with van der Waals surface area (Å²) in [6.45, 7) is 5.25. The number of hydrogen-bond donors (Lipinski definition) is 0. The minimum Gasteiger partial charge on any atom is -0.748 e. The predicted molar refractivity (Wildman–Crippen MR) is 317 cm³/mol. The van der Waals surface area contributed by atoms with Gasteiger partial charge in [-0.15, -0.1) is 5.06 Å². The van der Waals surface area contributed by atoms with Crippen molar-refractivity contribution in [2.24, 2.45) is 0 Å². The molecule has 0 saturated carbocycles. The van der Waals surface area contributed by atoms with Crippen LogP contribution in [0.1, 0.15) is 82.8 Å². The summed E-state index contributed by atoms with van der Waals surface area (Å²) in [4.78, 5) is 40.1. The SMILES string of the molecule is COCCOCCOCCOCCC1(C)C(C=CC=CC=CC=C2N(CCOC)c3cc(S(=O)(=O)[O-])c4ccc(S(=O)(=O)[O-])cc4c3C2(C)CCCS(=O)(=O)[O-])=[N+](CCCCCC(=O)ON2C(=O)CCC2=O)c2ccc3c(S(=O)(=O)[O-])cc(S(=O)(=O)[O-])cc3c21. The van der Waals surface area contributed by atoms with Crippen LogP contribution in [0.3, 0.4) is 0 Å². The number of anilines is 1. The molecule has 90 heavy (non-hydrogen) atoms. The highest BCUT2D eigenvalue weighted by Crippen LogP contribution is 2.55. The second-order valence-electron chi connectivity index (χ2n) is 21.6. The number of rotatable bonds is 34. The predicted octanol–water partition coefficient (Wildman–Crippen LogP) is 4.52. The quantitative estimate of drug-likeness (QED) is 0.0204. The fourth-order valence-corrected chi connectivity index (χ4v) is 14.4. The van der Waals surface area contributed by atoms with E-state index in [1.165, 1.54) is 13.2 Å². The van der Waals surface area contributed by atoms with Crippen molar-refractivity contribution in [1.82, 2.24) is 5.06 Å². The Morgan fingerprint density at radius 2 is 1.13 bits per heavy atom. The highest BCUT2D eigenvalue weighted by Gasteiger charge is 2.49. The van der Waals surface area contributed by atoms with E-state index in [2.05, 4.69) is 0 Å². The first kappa shape index (κ1) is 71.2. The van der Waals surface area contributed by atoms with Gasteiger partial charge in [-0.3, -0.25) is 9.59 Å². The molecule has 7 rings (SSSR count). The van der Waals surface area contributed by atoms with Crippen molar-refractivity contribution >= 4 is 107 Å². The van der Waals surface area contributed by atoms with E-state index in [1.54, 1.807) is 74.5 Å². The monoisotopic (exact) mass is 1350 g/mol. The Morgan fingerprint density at radius 1 is 0.578 bits per heavy atom. The minimum absolute atomic E-state index is 0.00116. The molecule has 1 fully saturated rings. The van der Waals surface area contributed by atoms with Crippen LogP contribution in [0.15, 0.2) is 116 Å². The molecule has 0 spiro atoms. The number of unbranched alkanes of at least 4 members (excludes halogenated alkanes) is 2. The Bertz CT molecular complexity index is 4150. The van der Waals surface area contributed by atoms with Crippen LogP contribution in [0.2, 0.25) is 0 Å². The van der Waals surface area contributed by atoms with Crippen LogP contribution in [0, 0.1) is 0 Å². The average Bonchev–Trinajstić information content (AvgIpc) is 1.52. The highest BCUT2D eigenvalue weighted by molar-refractivity contribution is 7.87. The smallest absolute Gasteiger partial charge is 0.333 e. The lowest BCUT2D eigenvalue weighted by Gasteiger charge is -2.31. The fraction of sp³-hybridized carbons (Fsp3) is 0.448. The second kappa shape index (κ2) is 29.6. The molecule has 4 aromatic rings. The average molecular weight is 1350 g/mol. The summed E-state index contributed by atoms with van der Waals surface area (Å²) in [7, 11) is -23.1. The van der Waals surface area contributed by atoms with E-state index in [-0.39, 0.29) is 124 Å². The first-order valence-corrected chi connectivity index (χ1v) is 35.4. The number of hydroxylamine groups is 2. The van der Waals surface area contributed by atoms with Crippen LogP contribution in [-0.4, -0.2) is 184 Å². The Morgan fingerprint density at radius 3 is 1.73 bits per heavy atom. The van der Waals surface area contributed by atoms with Crippen molar-refractivity contribution in [1.29, 1.82) is 0 Å². The number of allylic oxidation sites excluding steroid dienone is 8. The van der Waals surface area contributed by atoms with Gasteiger partial charge in [-0.25, -0.2) is 46.9 Å². The van der Waals surface area contributed by atoms with Crippen LogP contribution in [0.5, 0.6) is 0 Å². The van der Waals surface area contributed by atoms with Gasteiger partial charge in [0.2, 0.25) is 5.69 Å². The lowest BCUT2D eigenvalue weighted by atomic mass is 9.75. The molecule has 1 saturated heterocycles. The number of nitrogens with zero attached hydrogens (tertiary/aromatic N) is 3. The summed E-state index contributed by atoms with van der Waals surface area (Å²) in [5.74, 6) is -2.90. The van der Waals surface area contributed by atoms with Crippen molar-refractivity contribution in [3.05, 3.63) is 108 Å². The zero-order chi connectivity index (χ0) is 66.0. The summed E-state index contributed by atoms with van der Waals surface area (Å²) >= 11 is 0. The van der Waals surface area contributed by atoms with E-state index in [9.17, 15) is 79.2 Å². The standard InChI is InChI=1S/C58H71N3O24S5/c1-57(23-13-35-86(65,66)67)50(60(26-28-80-3)47-39-49(90(77,78)79)42-18-17-40(87(68,69)70)36-44(42)56(47)57)14-9-6-5-7-10-15-51-58(2,24-27-82-31-32-84-34-33-83-30-29-81-4)55-45-37-41(88(71,72)73)38-48(89(74,75)76)43(45)19-20-46(55)59(51)25-12-8-11-16-54(64)85-61-52(62)21-22-53(61)63/h5-7,9-10,14-15,17-20,36-39H,8,11-13,16,21-35H2,1-4H3,(H4-,65,66,67,68,69,70,71,72,73,74,75,76,77,78,79)/p-4. The third-order valence-corrected chi connectivity index (χ3v) is 19.7. The van der Waals surface area contributed by atoms with Crippen LogP contribution >= 0.6 is 0 Å². The van der Waals surface area contributed by atoms with Gasteiger partial charge < -0.3 is 56.2 Å². The zero-order valence-electron chi connectivity index (χ0n) is 49.5. The van der Waals surface area contributed by atoms with E-state index in [0.29, 0.717) is 66.5 Å². The van der Waals surface area contributed by atoms with Crippen molar-refractivity contribution in [2.45, 2.75) is 102 Å². The molecule has 0 radical (unpaired) electrons. The molecule has 3 heterocycles. The van der Waals surface area contributed by atoms with Gasteiger partial charge >= 0.3 is 5.97 Å². The number of hydrogen-bond acceptors (Lipinski definition) is 25. The molecule has 0 aliphatic carbocycles. The highest BCUT2D eigenvalue weighted by atomic mass is 32.2. The number of methoxy groups -OCH3 is 2. The van der Waals surface area contributed by atoms with Crippen LogP contribution in [-0.2, 0) is 104 Å². The largest absolute Gasteiger partial charge is 0.748 e. The van der Waals surface area contributed by atoms with Gasteiger partial charge in [0.1, 0.15) is 47.0 Å². The van der Waals surface area contributed by atoms with E-state index in [1.807, 2.05) is 4.58 Å². The number of ether oxygens (including phenoxy) is 5. The number of benzene rings is 4. The normalized spacial score (nSPS) is 19.0. The number of amides is 2. The van der Waals surface area contributed by atoms with Gasteiger partial charge in [-0.2, -0.15) is 4.58 Å². The van der Waals surface area contributed by atoms with E-state index < -0.39 is 105 Å². The molecule has 4 aromatic carbocycles. The molecule has 492 valence electrons. The lowest BCUT2D eigenvalue weighted by molar-refractivity contribution is -0.438. The molecule has 0 N–H and O–H groups in total. The number of carbonyl (C=O) groups is 3. The van der Waals surface area contributed by atoms with E-state index >= 15 is 0 Å². The molecular formula is C58H67N3O24S5-4. The van der Waals surface area contributed by atoms with E-state index in [4.69, 9.17) is 28.5 Å². The second-order valence-corrected chi connectivity index (χ2v) is 28.6. The minimum atomic E-state index is -5.41. The van der Waals surface area contributed by atoms with Crippen molar-refractivity contribution < 1.29 is 112 Å². The number of fused-ring (bicyclic) bond motifs is 6. The van der Waals surface area contributed by atoms with Crippen LogP contribution in [0.25, 0.3) is 21.5 Å². The first-order valence-electron chi connectivity index (χ1n) is 28.2. The Labute approximate surface area is 522 Å². The molecule has 2 atom stereocenters. The van der Waals surface area contributed by atoms with Gasteiger partial charge in [0.15, 0.2) is 5.71 Å². The molecule has 3 aliphatic rings. The summed E-state index contributed by atoms with van der Waals surface area (Å²) in [6, 6.07) is 8.40. The third kappa shape index (κ3) is 17.1. The number of carbonyl (C=O) groups excluding carboxylic acids is 3. The molecule has 32 heteroatoms.